The third-order valence-corrected chi connectivity index (χ3v) is 4.40. The molecule has 3 heterocycles. The van der Waals surface area contributed by atoms with Crippen LogP contribution in [0, 0.1) is 5.82 Å². The number of pyridine rings is 2. The number of methoxy groups -OCH3 is 1. The number of carbonyl (C=O) groups excluding carboxylic acids is 2. The van der Waals surface area contributed by atoms with Crippen molar-refractivity contribution in [3.8, 4) is 17.4 Å². The van der Waals surface area contributed by atoms with Crippen LogP contribution in [0.15, 0.2) is 54.9 Å². The number of aromatic nitrogens is 4. The number of nitrogens with two attached hydrogens (primary N) is 1. The topological polar surface area (TPSA) is 134 Å². The van der Waals surface area contributed by atoms with Gasteiger partial charge in [0.2, 0.25) is 17.7 Å². The average Bonchev–Trinajstić information content (AvgIpc) is 3.16. The molecule has 0 bridgehead atoms. The van der Waals surface area contributed by atoms with Crippen LogP contribution in [0.5, 0.6) is 17.4 Å². The molecule has 0 saturated heterocycles. The van der Waals surface area contributed by atoms with Crippen LogP contribution in [0.4, 0.5) is 10.3 Å². The molecule has 4 aromatic rings. The predicted molar refractivity (Wildman–Crippen MR) is 111 cm³/mol. The van der Waals surface area contributed by atoms with E-state index in [-0.39, 0.29) is 29.6 Å². The van der Waals surface area contributed by atoms with Gasteiger partial charge in [0.15, 0.2) is 17.2 Å². The number of amides is 2. The first-order chi connectivity index (χ1) is 15.4. The molecule has 3 N–H and O–H groups in total. The molecule has 0 aliphatic carbocycles. The molecule has 0 aliphatic rings. The molecule has 0 unspecified atom stereocenters. The monoisotopic (exact) mass is 436 g/mol. The fourth-order valence-electron chi connectivity index (χ4n) is 2.90. The third kappa shape index (κ3) is 4.46. The Morgan fingerprint density at radius 2 is 2.06 bits per heavy atom. The first-order valence-corrected chi connectivity index (χ1v) is 9.34. The van der Waals surface area contributed by atoms with Crippen molar-refractivity contribution in [1.82, 2.24) is 19.6 Å². The van der Waals surface area contributed by atoms with Crippen molar-refractivity contribution in [3.05, 3.63) is 71.8 Å². The number of halogens is 1. The Morgan fingerprint density at radius 1 is 1.22 bits per heavy atom. The minimum absolute atomic E-state index is 0.0212. The highest BCUT2D eigenvalue weighted by Gasteiger charge is 2.15. The van der Waals surface area contributed by atoms with E-state index in [0.29, 0.717) is 17.0 Å². The second-order valence-electron chi connectivity index (χ2n) is 6.62. The Hall–Kier alpha value is -4.54. The number of benzene rings is 1. The van der Waals surface area contributed by atoms with Crippen LogP contribution in [0.2, 0.25) is 0 Å². The Morgan fingerprint density at radius 3 is 2.81 bits per heavy atom. The zero-order chi connectivity index (χ0) is 22.7. The van der Waals surface area contributed by atoms with E-state index >= 15 is 0 Å². The number of ether oxygens (including phenoxy) is 2. The minimum atomic E-state index is -0.749. The molecule has 2 amide bonds. The summed E-state index contributed by atoms with van der Waals surface area (Å²) in [6, 6.07) is 10.3. The number of anilines is 1. The van der Waals surface area contributed by atoms with Gasteiger partial charge < -0.3 is 15.2 Å². The number of nitrogens with zero attached hydrogens (tertiary/aromatic N) is 4. The highest BCUT2D eigenvalue weighted by atomic mass is 19.1. The molecule has 0 aliphatic heterocycles. The fraction of sp³-hybridized carbons (Fsp3) is 0.0952. The van der Waals surface area contributed by atoms with Crippen LogP contribution in [0.25, 0.3) is 5.65 Å². The molecule has 3 aromatic heterocycles. The van der Waals surface area contributed by atoms with Gasteiger partial charge in [0.25, 0.3) is 5.91 Å². The number of nitrogens with one attached hydrogen (secondary N) is 1. The summed E-state index contributed by atoms with van der Waals surface area (Å²) in [5, 5.41) is 6.72. The number of fused-ring (bicyclic) bond motifs is 1. The van der Waals surface area contributed by atoms with Gasteiger partial charge in [0.05, 0.1) is 13.5 Å². The summed E-state index contributed by atoms with van der Waals surface area (Å²) in [5.74, 6) is -1.46. The molecule has 4 rings (SSSR count). The number of hydrogen-bond acceptors (Lipinski definition) is 7. The molecule has 0 spiro atoms. The third-order valence-electron chi connectivity index (χ3n) is 4.40. The normalized spacial score (nSPS) is 10.7. The Kier molecular flexibility index (Phi) is 5.62. The van der Waals surface area contributed by atoms with Gasteiger partial charge in [-0.25, -0.2) is 13.9 Å². The maximum atomic E-state index is 14.5. The fourth-order valence-corrected chi connectivity index (χ4v) is 2.90. The van der Waals surface area contributed by atoms with Crippen molar-refractivity contribution in [2.75, 3.05) is 12.4 Å². The van der Waals surface area contributed by atoms with Gasteiger partial charge in [0, 0.05) is 18.5 Å². The molecule has 0 radical (unpaired) electrons. The summed E-state index contributed by atoms with van der Waals surface area (Å²) in [6.07, 6.45) is 2.92. The van der Waals surface area contributed by atoms with Crippen molar-refractivity contribution in [2.45, 2.75) is 6.42 Å². The van der Waals surface area contributed by atoms with Gasteiger partial charge in [-0.1, -0.05) is 6.07 Å². The summed E-state index contributed by atoms with van der Waals surface area (Å²) < 4.78 is 26.5. The lowest BCUT2D eigenvalue weighted by atomic mass is 10.1. The quantitative estimate of drug-likeness (QED) is 0.454. The van der Waals surface area contributed by atoms with E-state index in [1.807, 2.05) is 0 Å². The first kappa shape index (κ1) is 20.7. The summed E-state index contributed by atoms with van der Waals surface area (Å²) in [5.41, 5.74) is 6.19. The van der Waals surface area contributed by atoms with Crippen LogP contribution in [0.1, 0.15) is 15.9 Å². The van der Waals surface area contributed by atoms with E-state index in [9.17, 15) is 14.0 Å². The first-order valence-electron chi connectivity index (χ1n) is 9.34. The highest BCUT2D eigenvalue weighted by molar-refractivity contribution is 5.95. The number of primary amides is 1. The molecule has 0 saturated carbocycles. The Balaban J connectivity index is 1.44. The van der Waals surface area contributed by atoms with Gasteiger partial charge in [-0.2, -0.15) is 4.98 Å². The lowest BCUT2D eigenvalue weighted by Gasteiger charge is -2.09. The maximum absolute atomic E-state index is 14.5. The van der Waals surface area contributed by atoms with Crippen molar-refractivity contribution >= 4 is 23.4 Å². The highest BCUT2D eigenvalue weighted by Crippen LogP contribution is 2.26. The Labute approximate surface area is 180 Å². The molecule has 0 fully saturated rings. The summed E-state index contributed by atoms with van der Waals surface area (Å²) in [4.78, 5) is 31.9. The summed E-state index contributed by atoms with van der Waals surface area (Å²) >= 11 is 0. The second-order valence-corrected chi connectivity index (χ2v) is 6.62. The minimum Gasteiger partial charge on any atom is -0.497 e. The van der Waals surface area contributed by atoms with E-state index in [1.165, 1.54) is 42.1 Å². The van der Waals surface area contributed by atoms with Gasteiger partial charge >= 0.3 is 0 Å². The van der Waals surface area contributed by atoms with Crippen LogP contribution in [-0.2, 0) is 11.2 Å². The van der Waals surface area contributed by atoms with Crippen LogP contribution in [0.3, 0.4) is 0 Å². The van der Waals surface area contributed by atoms with E-state index in [1.54, 1.807) is 18.3 Å². The van der Waals surface area contributed by atoms with E-state index < -0.39 is 17.6 Å². The van der Waals surface area contributed by atoms with Crippen LogP contribution >= 0.6 is 0 Å². The van der Waals surface area contributed by atoms with Crippen LogP contribution in [-0.4, -0.2) is 38.5 Å². The molecular weight excluding hydrogens is 419 g/mol. The largest absolute Gasteiger partial charge is 0.497 e. The lowest BCUT2D eigenvalue weighted by molar-refractivity contribution is -0.115. The van der Waals surface area contributed by atoms with E-state index in [0.717, 1.165) is 6.07 Å². The smallest absolute Gasteiger partial charge is 0.254 e. The molecule has 10 nitrogen and oxygen atoms in total. The molecule has 11 heteroatoms. The van der Waals surface area contributed by atoms with Gasteiger partial charge in [-0.15, -0.1) is 5.10 Å². The van der Waals surface area contributed by atoms with Gasteiger partial charge in [-0.3, -0.25) is 14.9 Å². The van der Waals surface area contributed by atoms with Gasteiger partial charge in [-0.05, 0) is 35.9 Å². The average molecular weight is 436 g/mol. The van der Waals surface area contributed by atoms with Crippen molar-refractivity contribution in [2.24, 2.45) is 5.73 Å². The second kappa shape index (κ2) is 8.68. The maximum Gasteiger partial charge on any atom is 0.254 e. The van der Waals surface area contributed by atoms with Crippen LogP contribution < -0.4 is 20.5 Å². The van der Waals surface area contributed by atoms with E-state index in [4.69, 9.17) is 15.2 Å². The summed E-state index contributed by atoms with van der Waals surface area (Å²) in [6.45, 7) is 0. The Bertz CT molecular complexity index is 1320. The SMILES string of the molecule is COc1ccn2nc(NC(=O)Cc3ccc(Oc4ncccc4C(N)=O)c(F)c3)nc2c1. The standard InChI is InChI=1S/C21H17FN6O4/c1-31-13-6-8-28-17(11-13)25-21(27-28)26-18(29)10-12-4-5-16(15(22)9-12)32-20-14(19(23)30)3-2-7-24-20/h2-9,11H,10H2,1H3,(H2,23,30)(H,26,27,29). The predicted octanol–water partition coefficient (Wildman–Crippen LogP) is 2.34. The zero-order valence-electron chi connectivity index (χ0n) is 16.8. The zero-order valence-corrected chi connectivity index (χ0v) is 16.8. The molecule has 32 heavy (non-hydrogen) atoms. The van der Waals surface area contributed by atoms with Crippen molar-refractivity contribution < 1.29 is 23.5 Å². The lowest BCUT2D eigenvalue weighted by Crippen LogP contribution is -2.15. The molecule has 1 aromatic carbocycles. The van der Waals surface area contributed by atoms with E-state index in [2.05, 4.69) is 20.4 Å². The van der Waals surface area contributed by atoms with Crippen molar-refractivity contribution in [3.63, 3.8) is 0 Å². The summed E-state index contributed by atoms with van der Waals surface area (Å²) in [7, 11) is 1.54. The number of carbonyl (C=O) groups is 2. The van der Waals surface area contributed by atoms with Crippen molar-refractivity contribution in [1.29, 1.82) is 0 Å². The molecular formula is C21H17FN6O4. The molecule has 162 valence electrons. The number of hydrogen-bond donors (Lipinski definition) is 2. The van der Waals surface area contributed by atoms with Gasteiger partial charge in [0.1, 0.15) is 11.3 Å². The molecule has 0 atom stereocenters. The number of rotatable bonds is 7.